The van der Waals surface area contributed by atoms with Crippen LogP contribution in [0.25, 0.3) is 0 Å². The Labute approximate surface area is 182 Å². The zero-order valence-corrected chi connectivity index (χ0v) is 19.8. The van der Waals surface area contributed by atoms with Crippen LogP contribution in [0.4, 0.5) is 0 Å². The molecule has 0 aliphatic carbocycles. The number of hydrogen-bond acceptors (Lipinski definition) is 3. The number of benzene rings is 2. The van der Waals surface area contributed by atoms with Gasteiger partial charge in [-0.3, -0.25) is 0 Å². The maximum absolute atomic E-state index is 9.45. The van der Waals surface area contributed by atoms with E-state index in [2.05, 4.69) is 101 Å². The van der Waals surface area contributed by atoms with Gasteiger partial charge in [0.1, 0.15) is 0 Å². The van der Waals surface area contributed by atoms with E-state index in [1.165, 1.54) is 10.4 Å². The highest BCUT2D eigenvalue weighted by atomic mass is 28.4. The van der Waals surface area contributed by atoms with Crippen molar-refractivity contribution < 1.29 is 14.3 Å². The first-order chi connectivity index (χ1) is 14.4. The van der Waals surface area contributed by atoms with Crippen molar-refractivity contribution in [3.05, 3.63) is 72.8 Å². The number of hydrogen-bond donors (Lipinski definition) is 1. The predicted molar refractivity (Wildman–Crippen MR) is 127 cm³/mol. The summed E-state index contributed by atoms with van der Waals surface area (Å²) in [5.74, 6) is 0. The van der Waals surface area contributed by atoms with Crippen LogP contribution in [0.1, 0.15) is 47.0 Å². The maximum atomic E-state index is 9.45. The van der Waals surface area contributed by atoms with E-state index in [1.807, 2.05) is 0 Å². The van der Waals surface area contributed by atoms with Crippen LogP contribution in [-0.2, 0) is 9.16 Å². The summed E-state index contributed by atoms with van der Waals surface area (Å²) in [6, 6.07) is 21.5. The molecule has 0 amide bonds. The zero-order valence-electron chi connectivity index (χ0n) is 18.8. The van der Waals surface area contributed by atoms with Gasteiger partial charge in [0.05, 0.1) is 24.9 Å². The van der Waals surface area contributed by atoms with Crippen molar-refractivity contribution in [3.63, 3.8) is 0 Å². The van der Waals surface area contributed by atoms with Crippen LogP contribution in [0, 0.1) is 0 Å². The normalized spacial score (nSPS) is 20.8. The third-order valence-electron chi connectivity index (χ3n) is 6.00. The fourth-order valence-electron chi connectivity index (χ4n) is 4.44. The molecule has 3 rings (SSSR count). The molecule has 0 saturated carbocycles. The molecule has 3 nitrogen and oxygen atoms in total. The van der Waals surface area contributed by atoms with Crippen LogP contribution in [0.15, 0.2) is 72.8 Å². The Morgan fingerprint density at radius 2 is 1.57 bits per heavy atom. The lowest BCUT2D eigenvalue weighted by Gasteiger charge is -2.48. The summed E-state index contributed by atoms with van der Waals surface area (Å²) < 4.78 is 13.3. The molecule has 0 radical (unpaired) electrons. The Bertz CT molecular complexity index is 753. The van der Waals surface area contributed by atoms with E-state index >= 15 is 0 Å². The zero-order chi connectivity index (χ0) is 21.6. The smallest absolute Gasteiger partial charge is 0.261 e. The highest BCUT2D eigenvalue weighted by Gasteiger charge is 2.53. The number of aliphatic hydroxyl groups is 1. The lowest BCUT2D eigenvalue weighted by molar-refractivity contribution is -0.178. The van der Waals surface area contributed by atoms with E-state index in [0.717, 1.165) is 19.3 Å². The molecular weight excluding hydrogens is 388 g/mol. The van der Waals surface area contributed by atoms with Gasteiger partial charge in [-0.15, -0.1) is 0 Å². The van der Waals surface area contributed by atoms with Crippen molar-refractivity contribution in [1.29, 1.82) is 0 Å². The van der Waals surface area contributed by atoms with Gasteiger partial charge in [0, 0.05) is 6.42 Å². The molecule has 162 valence electrons. The number of ether oxygens (including phenoxy) is 1. The van der Waals surface area contributed by atoms with Crippen LogP contribution in [-0.4, -0.2) is 38.3 Å². The first kappa shape index (κ1) is 23.0. The molecule has 1 fully saturated rings. The Hall–Kier alpha value is -1.72. The molecule has 4 heteroatoms. The lowest BCUT2D eigenvalue weighted by atomic mass is 9.98. The van der Waals surface area contributed by atoms with Gasteiger partial charge in [0.15, 0.2) is 0 Å². The minimum atomic E-state index is -2.63. The van der Waals surface area contributed by atoms with E-state index in [9.17, 15) is 5.11 Å². The summed E-state index contributed by atoms with van der Waals surface area (Å²) in [5, 5.41) is 11.9. The summed E-state index contributed by atoms with van der Waals surface area (Å²) >= 11 is 0. The Kier molecular flexibility index (Phi) is 7.69. The topological polar surface area (TPSA) is 38.7 Å². The molecule has 3 atom stereocenters. The van der Waals surface area contributed by atoms with E-state index < -0.39 is 8.32 Å². The fraction of sp³-hybridized carbons (Fsp3) is 0.462. The van der Waals surface area contributed by atoms with E-state index in [-0.39, 0.29) is 30.0 Å². The molecule has 2 aromatic carbocycles. The van der Waals surface area contributed by atoms with Crippen molar-refractivity contribution >= 4 is 18.7 Å². The second-order valence-electron chi connectivity index (χ2n) is 9.15. The van der Waals surface area contributed by atoms with Crippen LogP contribution < -0.4 is 10.4 Å². The van der Waals surface area contributed by atoms with E-state index in [1.54, 1.807) is 0 Å². The van der Waals surface area contributed by atoms with Gasteiger partial charge in [-0.2, -0.15) is 0 Å². The third kappa shape index (κ3) is 4.78. The first-order valence-electron chi connectivity index (χ1n) is 11.1. The van der Waals surface area contributed by atoms with Crippen molar-refractivity contribution in [1.82, 2.24) is 0 Å². The quantitative estimate of drug-likeness (QED) is 0.478. The molecule has 1 heterocycles. The second kappa shape index (κ2) is 10.1. The molecule has 2 aromatic rings. The molecule has 1 saturated heterocycles. The molecule has 1 N–H and O–H groups in total. The van der Waals surface area contributed by atoms with Gasteiger partial charge in [0.2, 0.25) is 0 Å². The average molecular weight is 425 g/mol. The molecule has 0 spiro atoms. The van der Waals surface area contributed by atoms with Gasteiger partial charge < -0.3 is 14.3 Å². The predicted octanol–water partition coefficient (Wildman–Crippen LogP) is 4.44. The highest BCUT2D eigenvalue weighted by molar-refractivity contribution is 6.99. The summed E-state index contributed by atoms with van der Waals surface area (Å²) in [5.41, 5.74) is 0. The van der Waals surface area contributed by atoms with Gasteiger partial charge >= 0.3 is 0 Å². The maximum Gasteiger partial charge on any atom is 0.261 e. The highest BCUT2D eigenvalue weighted by Crippen LogP contribution is 2.39. The molecule has 1 aliphatic rings. The molecular formula is C26H36O3Si. The lowest BCUT2D eigenvalue weighted by Crippen LogP contribution is -2.69. The number of rotatable bonds is 9. The summed E-state index contributed by atoms with van der Waals surface area (Å²) in [6.07, 6.45) is 7.02. The van der Waals surface area contributed by atoms with Gasteiger partial charge in [-0.05, 0) is 28.3 Å². The average Bonchev–Trinajstić information content (AvgIpc) is 2.71. The van der Waals surface area contributed by atoms with Crippen LogP contribution in [0.5, 0.6) is 0 Å². The third-order valence-corrected chi connectivity index (χ3v) is 11.1. The summed E-state index contributed by atoms with van der Waals surface area (Å²) in [7, 11) is -2.63. The minimum absolute atomic E-state index is 0.0188. The SMILES string of the molecule is CC/C=C/C[C@@H](O[Si](c1ccccc1)(c1ccccc1)C(C)(C)C)[C@H]1C[C@@H](CO)O1. The molecule has 0 aromatic heterocycles. The van der Waals surface area contributed by atoms with Crippen molar-refractivity contribution in [2.45, 2.75) is 70.3 Å². The monoisotopic (exact) mass is 424 g/mol. The van der Waals surface area contributed by atoms with Crippen LogP contribution in [0.3, 0.4) is 0 Å². The number of allylic oxidation sites excluding steroid dienone is 1. The molecule has 0 bridgehead atoms. The summed E-state index contributed by atoms with van der Waals surface area (Å²) in [6.45, 7) is 9.13. The molecule has 0 unspecified atom stereocenters. The van der Waals surface area contributed by atoms with Crippen LogP contribution >= 0.6 is 0 Å². The van der Waals surface area contributed by atoms with Crippen molar-refractivity contribution in [3.8, 4) is 0 Å². The van der Waals surface area contributed by atoms with Gasteiger partial charge in [-0.25, -0.2) is 0 Å². The fourth-order valence-corrected chi connectivity index (χ4v) is 9.16. The van der Waals surface area contributed by atoms with Crippen LogP contribution in [0.2, 0.25) is 5.04 Å². The standard InChI is InChI=1S/C26H36O3Si/c1-5-6-9-18-24(25-19-21(20-27)28-25)29-30(26(2,3)4,22-14-10-7-11-15-22)23-16-12-8-13-17-23/h6-17,21,24-25,27H,5,18-20H2,1-4H3/b9-6+/t21-,24+,25+/m0/s1. The summed E-state index contributed by atoms with van der Waals surface area (Å²) in [4.78, 5) is 0. The van der Waals surface area contributed by atoms with E-state index in [0.29, 0.717) is 0 Å². The van der Waals surface area contributed by atoms with E-state index in [4.69, 9.17) is 9.16 Å². The Morgan fingerprint density at radius 3 is 2.00 bits per heavy atom. The van der Waals surface area contributed by atoms with Crippen molar-refractivity contribution in [2.75, 3.05) is 6.61 Å². The molecule has 30 heavy (non-hydrogen) atoms. The Balaban J connectivity index is 2.07. The first-order valence-corrected chi connectivity index (χ1v) is 13.0. The van der Waals surface area contributed by atoms with Gasteiger partial charge in [0.25, 0.3) is 8.32 Å². The Morgan fingerprint density at radius 1 is 1.03 bits per heavy atom. The largest absolute Gasteiger partial charge is 0.402 e. The second-order valence-corrected chi connectivity index (χ2v) is 13.4. The number of aliphatic hydroxyl groups excluding tert-OH is 1. The van der Waals surface area contributed by atoms with Crippen molar-refractivity contribution in [2.24, 2.45) is 0 Å². The minimum Gasteiger partial charge on any atom is -0.402 e. The molecule has 1 aliphatic heterocycles. The van der Waals surface area contributed by atoms with Gasteiger partial charge in [-0.1, -0.05) is 101 Å².